The highest BCUT2D eigenvalue weighted by molar-refractivity contribution is 9.10. The van der Waals surface area contributed by atoms with Gasteiger partial charge in [-0.15, -0.1) is 0 Å². The molecule has 0 saturated heterocycles. The highest BCUT2D eigenvalue weighted by atomic mass is 79.9. The van der Waals surface area contributed by atoms with Crippen LogP contribution < -0.4 is 15.2 Å². The zero-order chi connectivity index (χ0) is 23.4. The monoisotopic (exact) mass is 510 g/mol. The molecule has 1 amide bonds. The second-order valence-corrected chi connectivity index (χ2v) is 7.26. The number of nitrogens with two attached hydrogens (primary N) is 1. The molecule has 0 radical (unpaired) electrons. The number of carboxylic acid groups (broad SMARTS) is 1. The Kier molecular flexibility index (Phi) is 7.08. The molecule has 1 aromatic heterocycles. The Balaban J connectivity index is 1.99. The predicted octanol–water partition coefficient (Wildman–Crippen LogP) is 4.47. The second kappa shape index (κ2) is 9.77. The molecule has 0 spiro atoms. The lowest BCUT2D eigenvalue weighted by atomic mass is 10.1. The third kappa shape index (κ3) is 5.05. The molecular formula is C21H17BrF2N2O6. The zero-order valence-corrected chi connectivity index (χ0v) is 18.2. The summed E-state index contributed by atoms with van der Waals surface area (Å²) in [6.45, 7) is 0. The molecule has 0 aliphatic carbocycles. The van der Waals surface area contributed by atoms with E-state index in [1.807, 2.05) is 0 Å². The maximum atomic E-state index is 14.6. The van der Waals surface area contributed by atoms with E-state index >= 15 is 0 Å². The van der Waals surface area contributed by atoms with Crippen molar-refractivity contribution >= 4 is 27.8 Å². The van der Waals surface area contributed by atoms with Crippen LogP contribution in [0.1, 0.15) is 35.2 Å². The smallest absolute Gasteiger partial charge is 0.303 e. The first-order chi connectivity index (χ1) is 15.2. The van der Waals surface area contributed by atoms with Crippen molar-refractivity contribution in [1.82, 2.24) is 4.98 Å². The summed E-state index contributed by atoms with van der Waals surface area (Å²) in [4.78, 5) is 26.8. The van der Waals surface area contributed by atoms with Gasteiger partial charge in [-0.05, 0) is 40.2 Å². The van der Waals surface area contributed by atoms with Crippen molar-refractivity contribution in [2.24, 2.45) is 5.73 Å². The van der Waals surface area contributed by atoms with Gasteiger partial charge in [-0.2, -0.15) is 0 Å². The number of nitrogens with zero attached hydrogens (tertiary/aromatic N) is 1. The minimum atomic E-state index is -1.31. The van der Waals surface area contributed by atoms with E-state index in [0.717, 1.165) is 12.1 Å². The van der Waals surface area contributed by atoms with Crippen molar-refractivity contribution in [3.8, 4) is 22.8 Å². The average molecular weight is 511 g/mol. The first-order valence-corrected chi connectivity index (χ1v) is 9.97. The van der Waals surface area contributed by atoms with Crippen LogP contribution in [0.15, 0.2) is 45.5 Å². The molecule has 3 rings (SSSR count). The number of carbonyl (C=O) groups is 2. The number of hydrogen-bond donors (Lipinski definition) is 2. The number of oxazole rings is 1. The van der Waals surface area contributed by atoms with Crippen LogP contribution in [0.25, 0.3) is 11.3 Å². The van der Waals surface area contributed by atoms with Gasteiger partial charge in [0.15, 0.2) is 22.3 Å². The predicted molar refractivity (Wildman–Crippen MR) is 111 cm³/mol. The highest BCUT2D eigenvalue weighted by Crippen LogP contribution is 2.36. The molecule has 3 aromatic rings. The Bertz CT molecular complexity index is 1170. The lowest BCUT2D eigenvalue weighted by Crippen LogP contribution is -2.17. The van der Waals surface area contributed by atoms with Crippen LogP contribution in [0, 0.1) is 11.6 Å². The standard InChI is InChI=1S/C21H17BrF2N2O6/c1-30-11-4-2-3-10(9-11)18-19(22)32-21(26-18)14(7-8-15(27)28)31-13-6-5-12(23)16(17(13)24)20(25)29/h2-6,9,14H,7-8H2,1H3,(H2,25,29)(H,27,28). The number of carbonyl (C=O) groups excluding carboxylic acids is 1. The molecule has 8 nitrogen and oxygen atoms in total. The van der Waals surface area contributed by atoms with Gasteiger partial charge in [-0.25, -0.2) is 13.8 Å². The summed E-state index contributed by atoms with van der Waals surface area (Å²) in [5.74, 6) is -4.89. The van der Waals surface area contributed by atoms with Gasteiger partial charge < -0.3 is 24.7 Å². The number of halogens is 3. The van der Waals surface area contributed by atoms with Crippen LogP contribution >= 0.6 is 15.9 Å². The molecule has 0 aliphatic rings. The molecule has 1 unspecified atom stereocenters. The molecule has 0 aliphatic heterocycles. The van der Waals surface area contributed by atoms with E-state index < -0.39 is 40.9 Å². The van der Waals surface area contributed by atoms with Crippen molar-refractivity contribution < 1.29 is 37.4 Å². The van der Waals surface area contributed by atoms with Gasteiger partial charge >= 0.3 is 5.97 Å². The van der Waals surface area contributed by atoms with E-state index in [9.17, 15) is 18.4 Å². The van der Waals surface area contributed by atoms with Crippen LogP contribution in [0.4, 0.5) is 8.78 Å². The van der Waals surface area contributed by atoms with Gasteiger partial charge in [0.2, 0.25) is 5.89 Å². The summed E-state index contributed by atoms with van der Waals surface area (Å²) in [6, 6.07) is 8.72. The summed E-state index contributed by atoms with van der Waals surface area (Å²) in [5, 5.41) is 9.06. The number of amides is 1. The zero-order valence-electron chi connectivity index (χ0n) is 16.6. The van der Waals surface area contributed by atoms with E-state index in [-0.39, 0.29) is 23.4 Å². The number of carboxylic acids is 1. The average Bonchev–Trinajstić information content (AvgIpc) is 3.13. The largest absolute Gasteiger partial charge is 0.497 e. The second-order valence-electron chi connectivity index (χ2n) is 6.54. The SMILES string of the molecule is COc1cccc(-c2nc(C(CCC(=O)O)Oc3ccc(F)c(C(N)=O)c3F)oc2Br)c1. The fourth-order valence-corrected chi connectivity index (χ4v) is 3.38. The van der Waals surface area contributed by atoms with Crippen LogP contribution in [0.5, 0.6) is 11.5 Å². The van der Waals surface area contributed by atoms with Gasteiger partial charge in [0, 0.05) is 18.4 Å². The molecule has 1 atom stereocenters. The fraction of sp³-hybridized carbons (Fsp3) is 0.190. The van der Waals surface area contributed by atoms with E-state index in [1.165, 1.54) is 7.11 Å². The van der Waals surface area contributed by atoms with Gasteiger partial charge in [0.1, 0.15) is 22.8 Å². The molecule has 1 heterocycles. The Labute approximate surface area is 189 Å². The van der Waals surface area contributed by atoms with Gasteiger partial charge in [-0.1, -0.05) is 12.1 Å². The molecule has 168 valence electrons. The van der Waals surface area contributed by atoms with Gasteiger partial charge in [-0.3, -0.25) is 9.59 Å². The minimum Gasteiger partial charge on any atom is -0.497 e. The Morgan fingerprint density at radius 1 is 1.28 bits per heavy atom. The lowest BCUT2D eigenvalue weighted by Gasteiger charge is -2.17. The lowest BCUT2D eigenvalue weighted by molar-refractivity contribution is -0.137. The third-order valence-electron chi connectivity index (χ3n) is 4.41. The molecule has 0 bridgehead atoms. The summed E-state index contributed by atoms with van der Waals surface area (Å²) in [6.07, 6.45) is -1.67. The quantitative estimate of drug-likeness (QED) is 0.434. The van der Waals surface area contributed by atoms with Crippen LogP contribution in [0.3, 0.4) is 0 Å². The van der Waals surface area contributed by atoms with Crippen LogP contribution in [-0.4, -0.2) is 29.1 Å². The number of rotatable bonds is 9. The maximum absolute atomic E-state index is 14.6. The van der Waals surface area contributed by atoms with Crippen molar-refractivity contribution in [3.63, 3.8) is 0 Å². The molecule has 3 N–H and O–H groups in total. The summed E-state index contributed by atoms with van der Waals surface area (Å²) < 4.78 is 45.0. The number of methoxy groups -OCH3 is 1. The van der Waals surface area contributed by atoms with Crippen molar-refractivity contribution in [2.45, 2.75) is 18.9 Å². The number of hydrogen-bond acceptors (Lipinski definition) is 6. The number of ether oxygens (including phenoxy) is 2. The fourth-order valence-electron chi connectivity index (χ4n) is 2.89. The number of benzene rings is 2. The van der Waals surface area contributed by atoms with E-state index in [0.29, 0.717) is 17.0 Å². The van der Waals surface area contributed by atoms with Crippen LogP contribution in [-0.2, 0) is 4.79 Å². The van der Waals surface area contributed by atoms with Gasteiger partial charge in [0.05, 0.1) is 7.11 Å². The summed E-state index contributed by atoms with van der Waals surface area (Å²) >= 11 is 3.26. The Morgan fingerprint density at radius 3 is 2.69 bits per heavy atom. The minimum absolute atomic E-state index is 0.0553. The summed E-state index contributed by atoms with van der Waals surface area (Å²) in [7, 11) is 1.51. The van der Waals surface area contributed by atoms with E-state index in [2.05, 4.69) is 20.9 Å². The topological polar surface area (TPSA) is 125 Å². The maximum Gasteiger partial charge on any atom is 0.303 e. The Hall–Kier alpha value is -3.47. The van der Waals surface area contributed by atoms with E-state index in [4.69, 9.17) is 24.7 Å². The number of aromatic nitrogens is 1. The molecule has 11 heteroatoms. The third-order valence-corrected chi connectivity index (χ3v) is 4.95. The Morgan fingerprint density at radius 2 is 2.03 bits per heavy atom. The van der Waals surface area contributed by atoms with E-state index in [1.54, 1.807) is 24.3 Å². The molecule has 2 aromatic carbocycles. The molecule has 0 fully saturated rings. The van der Waals surface area contributed by atoms with Gasteiger partial charge in [0.25, 0.3) is 5.91 Å². The summed E-state index contributed by atoms with van der Waals surface area (Å²) in [5.41, 5.74) is 5.08. The first kappa shape index (κ1) is 23.2. The van der Waals surface area contributed by atoms with Crippen molar-refractivity contribution in [3.05, 3.63) is 64.2 Å². The number of aliphatic carboxylic acids is 1. The van der Waals surface area contributed by atoms with Crippen molar-refractivity contribution in [1.29, 1.82) is 0 Å². The van der Waals surface area contributed by atoms with Crippen molar-refractivity contribution in [2.75, 3.05) is 7.11 Å². The molecule has 0 saturated carbocycles. The molecule has 32 heavy (non-hydrogen) atoms. The highest BCUT2D eigenvalue weighted by Gasteiger charge is 2.27. The number of primary amides is 1. The van der Waals surface area contributed by atoms with Crippen LogP contribution in [0.2, 0.25) is 0 Å². The first-order valence-electron chi connectivity index (χ1n) is 9.18. The normalized spacial score (nSPS) is 11.8. The molecular weight excluding hydrogens is 494 g/mol.